The van der Waals surface area contributed by atoms with Gasteiger partial charge in [0.25, 0.3) is 0 Å². The van der Waals surface area contributed by atoms with E-state index in [1.165, 1.54) is 0 Å². The van der Waals surface area contributed by atoms with Gasteiger partial charge in [-0.15, -0.1) is 11.6 Å². The molecule has 1 aliphatic heterocycles. The van der Waals surface area contributed by atoms with Crippen LogP contribution in [0.5, 0.6) is 0 Å². The van der Waals surface area contributed by atoms with Crippen molar-refractivity contribution in [3.05, 3.63) is 12.2 Å². The largest absolute Gasteiger partial charge is 0.390 e. The molecule has 0 saturated carbocycles. The van der Waals surface area contributed by atoms with Crippen molar-refractivity contribution in [3.8, 4) is 0 Å². The van der Waals surface area contributed by atoms with Crippen LogP contribution in [0, 0.1) is 0 Å². The molecule has 0 aromatic heterocycles. The SMILES string of the molecule is O=S1(=O)CC(O)C(NCCN=C2C=CC(Cl)CC2)C1. The highest BCUT2D eigenvalue weighted by molar-refractivity contribution is 7.91. The Morgan fingerprint density at radius 3 is 2.84 bits per heavy atom. The molecule has 1 saturated heterocycles. The van der Waals surface area contributed by atoms with Gasteiger partial charge in [-0.1, -0.05) is 6.08 Å². The number of allylic oxidation sites excluding steroid dienone is 2. The van der Waals surface area contributed by atoms with Gasteiger partial charge in [-0.3, -0.25) is 4.99 Å². The van der Waals surface area contributed by atoms with Gasteiger partial charge in [0.2, 0.25) is 0 Å². The third-order valence-corrected chi connectivity index (χ3v) is 5.41. The number of halogens is 1. The summed E-state index contributed by atoms with van der Waals surface area (Å²) in [4.78, 5) is 4.42. The van der Waals surface area contributed by atoms with E-state index in [1.807, 2.05) is 12.2 Å². The third kappa shape index (κ3) is 4.56. The summed E-state index contributed by atoms with van der Waals surface area (Å²) in [6, 6.07) is -0.362. The number of hydrogen-bond acceptors (Lipinski definition) is 5. The normalized spacial score (nSPS) is 35.9. The minimum Gasteiger partial charge on any atom is -0.390 e. The number of aliphatic hydroxyl groups is 1. The highest BCUT2D eigenvalue weighted by Gasteiger charge is 2.35. The topological polar surface area (TPSA) is 78.8 Å². The number of nitrogens with one attached hydrogen (secondary N) is 1. The Bertz CT molecular complexity index is 475. The molecular formula is C12H19ClN2O3S. The van der Waals surface area contributed by atoms with Gasteiger partial charge in [0.1, 0.15) is 0 Å². The van der Waals surface area contributed by atoms with Gasteiger partial charge in [0.05, 0.1) is 29.5 Å². The second kappa shape index (κ2) is 6.35. The Hall–Kier alpha value is -0.430. The maximum absolute atomic E-state index is 11.3. The van der Waals surface area contributed by atoms with Crippen molar-refractivity contribution in [1.82, 2.24) is 5.32 Å². The minimum atomic E-state index is -3.08. The zero-order valence-corrected chi connectivity index (χ0v) is 12.2. The highest BCUT2D eigenvalue weighted by Crippen LogP contribution is 2.14. The Balaban J connectivity index is 1.73. The van der Waals surface area contributed by atoms with Crippen LogP contribution in [-0.2, 0) is 9.84 Å². The maximum Gasteiger partial charge on any atom is 0.154 e. The molecule has 108 valence electrons. The summed E-state index contributed by atoms with van der Waals surface area (Å²) in [7, 11) is -3.08. The summed E-state index contributed by atoms with van der Waals surface area (Å²) < 4.78 is 22.6. The van der Waals surface area contributed by atoms with Crippen molar-refractivity contribution >= 4 is 27.1 Å². The van der Waals surface area contributed by atoms with Crippen molar-refractivity contribution in [3.63, 3.8) is 0 Å². The van der Waals surface area contributed by atoms with E-state index < -0.39 is 15.9 Å². The molecule has 0 amide bonds. The molecule has 2 rings (SSSR count). The van der Waals surface area contributed by atoms with Crippen LogP contribution in [0.2, 0.25) is 0 Å². The maximum atomic E-state index is 11.3. The smallest absolute Gasteiger partial charge is 0.154 e. The van der Waals surface area contributed by atoms with Gasteiger partial charge < -0.3 is 10.4 Å². The molecule has 0 radical (unpaired) electrons. The molecule has 19 heavy (non-hydrogen) atoms. The second-order valence-electron chi connectivity index (χ2n) is 4.99. The number of sulfone groups is 1. The average Bonchev–Trinajstić information content (AvgIpc) is 2.60. The van der Waals surface area contributed by atoms with E-state index in [0.29, 0.717) is 13.1 Å². The lowest BCUT2D eigenvalue weighted by Gasteiger charge is -2.14. The summed E-state index contributed by atoms with van der Waals surface area (Å²) >= 11 is 5.93. The quantitative estimate of drug-likeness (QED) is 0.572. The van der Waals surface area contributed by atoms with Crippen molar-refractivity contribution < 1.29 is 13.5 Å². The lowest BCUT2D eigenvalue weighted by atomic mass is 10.1. The average molecular weight is 307 g/mol. The third-order valence-electron chi connectivity index (χ3n) is 3.33. The summed E-state index contributed by atoms with van der Waals surface area (Å²) in [5, 5.41) is 12.8. The van der Waals surface area contributed by atoms with Crippen molar-refractivity contribution in [1.29, 1.82) is 0 Å². The molecule has 7 heteroatoms. The molecule has 1 aliphatic carbocycles. The molecule has 0 aromatic carbocycles. The van der Waals surface area contributed by atoms with E-state index in [2.05, 4.69) is 10.3 Å². The highest BCUT2D eigenvalue weighted by atomic mass is 35.5. The molecular weight excluding hydrogens is 288 g/mol. The number of nitrogens with zero attached hydrogens (tertiary/aromatic N) is 1. The first kappa shape index (κ1) is 15.0. The van der Waals surface area contributed by atoms with Crippen molar-refractivity contribution in [2.75, 3.05) is 24.6 Å². The fourth-order valence-corrected chi connectivity index (χ4v) is 4.24. The fourth-order valence-electron chi connectivity index (χ4n) is 2.29. The van der Waals surface area contributed by atoms with Crippen molar-refractivity contribution in [2.45, 2.75) is 30.4 Å². The Morgan fingerprint density at radius 2 is 2.26 bits per heavy atom. The van der Waals surface area contributed by atoms with Crippen LogP contribution in [0.3, 0.4) is 0 Å². The second-order valence-corrected chi connectivity index (χ2v) is 7.71. The van der Waals surface area contributed by atoms with Crippen LogP contribution in [0.1, 0.15) is 12.8 Å². The molecule has 0 spiro atoms. The van der Waals surface area contributed by atoms with Gasteiger partial charge in [-0.05, 0) is 18.9 Å². The number of alkyl halides is 1. The van der Waals surface area contributed by atoms with Crippen LogP contribution < -0.4 is 5.32 Å². The molecule has 1 heterocycles. The van der Waals surface area contributed by atoms with E-state index in [1.54, 1.807) is 0 Å². The van der Waals surface area contributed by atoms with E-state index in [4.69, 9.17) is 11.6 Å². The molecule has 0 aromatic rings. The first-order chi connectivity index (χ1) is 8.96. The van der Waals surface area contributed by atoms with Crippen LogP contribution in [0.4, 0.5) is 0 Å². The van der Waals surface area contributed by atoms with Crippen LogP contribution >= 0.6 is 11.6 Å². The molecule has 5 nitrogen and oxygen atoms in total. The minimum absolute atomic E-state index is 0.0125. The van der Waals surface area contributed by atoms with Crippen LogP contribution in [0.25, 0.3) is 0 Å². The molecule has 1 fully saturated rings. The number of rotatable bonds is 4. The predicted octanol–water partition coefficient (Wildman–Crippen LogP) is 0.132. The lowest BCUT2D eigenvalue weighted by Crippen LogP contribution is -2.40. The lowest BCUT2D eigenvalue weighted by molar-refractivity contribution is 0.167. The van der Waals surface area contributed by atoms with E-state index in [-0.39, 0.29) is 22.9 Å². The Labute approximate surface area is 118 Å². The van der Waals surface area contributed by atoms with Gasteiger partial charge in [-0.25, -0.2) is 8.42 Å². The summed E-state index contributed by atoms with van der Waals surface area (Å²) in [6.07, 6.45) is 4.86. The van der Waals surface area contributed by atoms with E-state index in [0.717, 1.165) is 18.6 Å². The van der Waals surface area contributed by atoms with Gasteiger partial charge in [0, 0.05) is 18.3 Å². The molecule has 3 unspecified atom stereocenters. The summed E-state index contributed by atoms with van der Waals surface area (Å²) in [5.41, 5.74) is 1.03. The molecule has 3 atom stereocenters. The monoisotopic (exact) mass is 306 g/mol. The predicted molar refractivity (Wildman–Crippen MR) is 76.8 cm³/mol. The Kier molecular flexibility index (Phi) is 5.00. The van der Waals surface area contributed by atoms with Crippen LogP contribution in [0.15, 0.2) is 17.1 Å². The van der Waals surface area contributed by atoms with Gasteiger partial charge in [0.15, 0.2) is 9.84 Å². The Morgan fingerprint density at radius 1 is 1.47 bits per heavy atom. The first-order valence-corrected chi connectivity index (χ1v) is 8.69. The van der Waals surface area contributed by atoms with E-state index >= 15 is 0 Å². The molecule has 0 bridgehead atoms. The zero-order chi connectivity index (χ0) is 13.9. The van der Waals surface area contributed by atoms with Gasteiger partial charge in [-0.2, -0.15) is 0 Å². The van der Waals surface area contributed by atoms with Gasteiger partial charge >= 0.3 is 0 Å². The summed E-state index contributed by atoms with van der Waals surface area (Å²) in [5.74, 6) is -0.127. The van der Waals surface area contributed by atoms with Crippen molar-refractivity contribution in [2.24, 2.45) is 4.99 Å². The molecule has 2 aliphatic rings. The number of aliphatic imine (C=N–C) groups is 1. The standard InChI is InChI=1S/C12H19ClN2O3S/c13-9-1-3-10(4-2-9)14-5-6-15-11-7-19(17,18)8-12(11)16/h1,3,9,11-12,15-16H,2,4-8H2. The number of hydrogen-bond donors (Lipinski definition) is 2. The molecule has 2 N–H and O–H groups in total. The fraction of sp³-hybridized carbons (Fsp3) is 0.750. The summed E-state index contributed by atoms with van der Waals surface area (Å²) in [6.45, 7) is 1.15. The number of aliphatic hydroxyl groups excluding tert-OH is 1. The first-order valence-electron chi connectivity index (χ1n) is 6.44. The van der Waals surface area contributed by atoms with E-state index in [9.17, 15) is 13.5 Å². The zero-order valence-electron chi connectivity index (χ0n) is 10.6. The van der Waals surface area contributed by atoms with Crippen LogP contribution in [-0.4, -0.2) is 61.4 Å².